The van der Waals surface area contributed by atoms with Crippen LogP contribution in [0.5, 0.6) is 5.75 Å². The Morgan fingerprint density at radius 3 is 2.48 bits per heavy atom. The summed E-state index contributed by atoms with van der Waals surface area (Å²) >= 11 is 0. The lowest BCUT2D eigenvalue weighted by molar-refractivity contribution is 0.0432. The quantitative estimate of drug-likeness (QED) is 0.638. The second kappa shape index (κ2) is 7.82. The fraction of sp³-hybridized carbons (Fsp3) is 0.632. The molecule has 0 amide bonds. The molecule has 0 bridgehead atoms. The van der Waals surface area contributed by atoms with Gasteiger partial charge in [-0.2, -0.15) is 0 Å². The minimum atomic E-state index is -0.0716. The molecule has 0 aliphatic carbocycles. The number of nitrogen functional groups attached to an aromatic ring is 1. The van der Waals surface area contributed by atoms with Gasteiger partial charge >= 0.3 is 0 Å². The molecule has 1 heterocycles. The summed E-state index contributed by atoms with van der Waals surface area (Å²) in [5.41, 5.74) is 7.25. The number of carbonyl (C=O) groups excluding carboxylic acids is 1. The zero-order chi connectivity index (χ0) is 17.0. The van der Waals surface area contributed by atoms with Crippen molar-refractivity contribution >= 4 is 11.5 Å². The van der Waals surface area contributed by atoms with Gasteiger partial charge < -0.3 is 10.5 Å². The first-order chi connectivity index (χ1) is 11.0. The Morgan fingerprint density at radius 1 is 1.30 bits per heavy atom. The molecule has 0 saturated carbocycles. The van der Waals surface area contributed by atoms with E-state index in [1.807, 2.05) is 19.1 Å². The maximum atomic E-state index is 13.0. The number of ketones is 1. The number of hydrogen-bond donors (Lipinski definition) is 1. The molecule has 1 saturated heterocycles. The smallest absolute Gasteiger partial charge is 0.180 e. The number of Topliss-reactive ketones (excluding diaryl/α,β-unsaturated/α-hetero) is 1. The number of anilines is 1. The van der Waals surface area contributed by atoms with Crippen LogP contribution in [0.25, 0.3) is 0 Å². The highest BCUT2D eigenvalue weighted by atomic mass is 16.5. The Morgan fingerprint density at radius 2 is 1.96 bits per heavy atom. The summed E-state index contributed by atoms with van der Waals surface area (Å²) < 4.78 is 5.46. The molecule has 0 spiro atoms. The molecule has 4 heteroatoms. The maximum Gasteiger partial charge on any atom is 0.180 e. The van der Waals surface area contributed by atoms with E-state index in [-0.39, 0.29) is 11.8 Å². The Balaban J connectivity index is 2.24. The van der Waals surface area contributed by atoms with Crippen LogP contribution in [0.4, 0.5) is 5.69 Å². The van der Waals surface area contributed by atoms with Crippen LogP contribution in [0.1, 0.15) is 63.7 Å². The third-order valence-corrected chi connectivity index (χ3v) is 4.91. The summed E-state index contributed by atoms with van der Waals surface area (Å²) in [7, 11) is 0. The standard InChI is InChI=1S/C19H30N2O2/c1-5-17(21-13(3)8-7-9-14(21)4)19(22)15-10-11-18(23-6-2)16(20)12-15/h10-14,17H,5-9,20H2,1-4H3. The molecule has 1 aromatic carbocycles. The summed E-state index contributed by atoms with van der Waals surface area (Å²) in [6.07, 6.45) is 4.40. The van der Waals surface area contributed by atoms with E-state index in [0.29, 0.717) is 35.7 Å². The van der Waals surface area contributed by atoms with Crippen molar-refractivity contribution in [2.24, 2.45) is 0 Å². The van der Waals surface area contributed by atoms with Crippen molar-refractivity contribution in [2.75, 3.05) is 12.3 Å². The van der Waals surface area contributed by atoms with Crippen molar-refractivity contribution in [3.05, 3.63) is 23.8 Å². The zero-order valence-corrected chi connectivity index (χ0v) is 14.8. The summed E-state index contributed by atoms with van der Waals surface area (Å²) in [5.74, 6) is 0.819. The van der Waals surface area contributed by atoms with E-state index < -0.39 is 0 Å². The van der Waals surface area contributed by atoms with Crippen LogP contribution < -0.4 is 10.5 Å². The number of carbonyl (C=O) groups is 1. The SMILES string of the molecule is CCOc1ccc(C(=O)C(CC)N2C(C)CCCC2C)cc1N. The molecule has 1 aliphatic heterocycles. The number of rotatable bonds is 6. The minimum Gasteiger partial charge on any atom is -0.492 e. The van der Waals surface area contributed by atoms with Gasteiger partial charge in [-0.15, -0.1) is 0 Å². The monoisotopic (exact) mass is 318 g/mol. The third kappa shape index (κ3) is 3.86. The van der Waals surface area contributed by atoms with Crippen LogP contribution >= 0.6 is 0 Å². The second-order valence-electron chi connectivity index (χ2n) is 6.55. The molecule has 2 N–H and O–H groups in total. The fourth-order valence-corrected chi connectivity index (χ4v) is 3.77. The zero-order valence-electron chi connectivity index (χ0n) is 14.8. The number of nitrogens with two attached hydrogens (primary N) is 1. The molecular formula is C19H30N2O2. The van der Waals surface area contributed by atoms with E-state index in [0.717, 1.165) is 6.42 Å². The fourth-order valence-electron chi connectivity index (χ4n) is 3.77. The second-order valence-corrected chi connectivity index (χ2v) is 6.55. The molecule has 3 unspecified atom stereocenters. The average Bonchev–Trinajstić information content (AvgIpc) is 2.52. The predicted molar refractivity (Wildman–Crippen MR) is 95.0 cm³/mol. The van der Waals surface area contributed by atoms with Gasteiger partial charge in [0, 0.05) is 17.6 Å². The van der Waals surface area contributed by atoms with E-state index in [2.05, 4.69) is 25.7 Å². The van der Waals surface area contributed by atoms with E-state index in [4.69, 9.17) is 10.5 Å². The molecule has 4 nitrogen and oxygen atoms in total. The number of hydrogen-bond acceptors (Lipinski definition) is 4. The van der Waals surface area contributed by atoms with Crippen molar-refractivity contribution < 1.29 is 9.53 Å². The summed E-state index contributed by atoms with van der Waals surface area (Å²) in [4.78, 5) is 15.5. The van der Waals surface area contributed by atoms with Gasteiger partial charge in [-0.25, -0.2) is 0 Å². The van der Waals surface area contributed by atoms with Gasteiger partial charge in [0.1, 0.15) is 5.75 Å². The topological polar surface area (TPSA) is 55.6 Å². The first-order valence-electron chi connectivity index (χ1n) is 8.83. The van der Waals surface area contributed by atoms with Crippen LogP contribution in [0.3, 0.4) is 0 Å². The molecule has 23 heavy (non-hydrogen) atoms. The van der Waals surface area contributed by atoms with Gasteiger partial charge in [0.05, 0.1) is 18.3 Å². The Hall–Kier alpha value is -1.55. The van der Waals surface area contributed by atoms with Crippen LogP contribution in [0, 0.1) is 0 Å². The van der Waals surface area contributed by atoms with Crippen LogP contribution in [-0.2, 0) is 0 Å². The Labute approximate surface area is 140 Å². The van der Waals surface area contributed by atoms with Crippen molar-refractivity contribution in [1.82, 2.24) is 4.90 Å². The molecule has 1 fully saturated rings. The molecule has 0 radical (unpaired) electrons. The van der Waals surface area contributed by atoms with Gasteiger partial charge in [0.25, 0.3) is 0 Å². The lowest BCUT2D eigenvalue weighted by atomic mass is 9.91. The number of likely N-dealkylation sites (tertiary alicyclic amines) is 1. The highest BCUT2D eigenvalue weighted by molar-refractivity contribution is 6.01. The van der Waals surface area contributed by atoms with Crippen molar-refractivity contribution in [3.63, 3.8) is 0 Å². The van der Waals surface area contributed by atoms with E-state index in [9.17, 15) is 4.79 Å². The van der Waals surface area contributed by atoms with E-state index >= 15 is 0 Å². The van der Waals surface area contributed by atoms with Gasteiger partial charge in [-0.05, 0) is 58.2 Å². The first-order valence-corrected chi connectivity index (χ1v) is 8.83. The summed E-state index contributed by atoms with van der Waals surface area (Å²) in [5, 5.41) is 0. The first kappa shape index (κ1) is 17.8. The molecule has 1 aromatic rings. The van der Waals surface area contributed by atoms with Crippen molar-refractivity contribution in [3.8, 4) is 5.75 Å². The Bertz CT molecular complexity index is 534. The number of benzene rings is 1. The molecule has 3 atom stereocenters. The van der Waals surface area contributed by atoms with Gasteiger partial charge in [0.15, 0.2) is 5.78 Å². The average molecular weight is 318 g/mol. The van der Waals surface area contributed by atoms with Crippen molar-refractivity contribution in [1.29, 1.82) is 0 Å². The van der Waals surface area contributed by atoms with Crippen LogP contribution in [-0.4, -0.2) is 35.4 Å². The van der Waals surface area contributed by atoms with E-state index in [1.165, 1.54) is 19.3 Å². The molecule has 1 aliphatic rings. The lowest BCUT2D eigenvalue weighted by Crippen LogP contribution is -2.52. The van der Waals surface area contributed by atoms with E-state index in [1.54, 1.807) is 6.07 Å². The molecule has 2 rings (SSSR count). The lowest BCUT2D eigenvalue weighted by Gasteiger charge is -2.43. The van der Waals surface area contributed by atoms with Gasteiger partial charge in [-0.3, -0.25) is 9.69 Å². The van der Waals surface area contributed by atoms with Crippen LogP contribution in [0.2, 0.25) is 0 Å². The molecule has 128 valence electrons. The normalized spacial score (nSPS) is 23.5. The maximum absolute atomic E-state index is 13.0. The summed E-state index contributed by atoms with van der Waals surface area (Å²) in [6.45, 7) is 9.05. The number of ether oxygens (including phenoxy) is 1. The largest absolute Gasteiger partial charge is 0.492 e. The number of piperidine rings is 1. The third-order valence-electron chi connectivity index (χ3n) is 4.91. The summed E-state index contributed by atoms with van der Waals surface area (Å²) in [6, 6.07) is 6.24. The van der Waals surface area contributed by atoms with Crippen LogP contribution in [0.15, 0.2) is 18.2 Å². The molecular weight excluding hydrogens is 288 g/mol. The number of nitrogens with zero attached hydrogens (tertiary/aromatic N) is 1. The Kier molecular flexibility index (Phi) is 6.05. The van der Waals surface area contributed by atoms with Crippen molar-refractivity contribution in [2.45, 2.75) is 71.5 Å². The van der Waals surface area contributed by atoms with Gasteiger partial charge in [-0.1, -0.05) is 13.3 Å². The molecule has 0 aromatic heterocycles. The highest BCUT2D eigenvalue weighted by Crippen LogP contribution is 2.29. The van der Waals surface area contributed by atoms with Gasteiger partial charge in [0.2, 0.25) is 0 Å². The minimum absolute atomic E-state index is 0.0716. The highest BCUT2D eigenvalue weighted by Gasteiger charge is 2.34. The predicted octanol–water partition coefficient (Wildman–Crippen LogP) is 3.89.